The predicted molar refractivity (Wildman–Crippen MR) is 94.2 cm³/mol. The number of halogens is 1. The second-order valence-corrected chi connectivity index (χ2v) is 4.50. The van der Waals surface area contributed by atoms with Crippen LogP contribution in [0.2, 0.25) is 0 Å². The van der Waals surface area contributed by atoms with Crippen LogP contribution in [0.15, 0.2) is 65.8 Å². The maximum atomic E-state index is 10.9. The summed E-state index contributed by atoms with van der Waals surface area (Å²) in [5.74, 6) is 0.389. The molecule has 0 aromatic heterocycles. The quantitative estimate of drug-likeness (QED) is 0.670. The van der Waals surface area contributed by atoms with Crippen LogP contribution in [0.5, 0.6) is 0 Å². The zero-order chi connectivity index (χ0) is 15.1. The zero-order valence-corrected chi connectivity index (χ0v) is 13.0. The Hall–Kier alpha value is -2.59. The van der Waals surface area contributed by atoms with Gasteiger partial charge in [0, 0.05) is 24.4 Å². The van der Waals surface area contributed by atoms with Gasteiger partial charge < -0.3 is 11.1 Å². The second kappa shape index (κ2) is 8.64. The molecule has 2 aromatic carbocycles. The normalized spacial score (nSPS) is 11.0. The van der Waals surface area contributed by atoms with Gasteiger partial charge in [0.1, 0.15) is 5.84 Å². The van der Waals surface area contributed by atoms with Crippen LogP contribution in [0.25, 0.3) is 6.08 Å². The van der Waals surface area contributed by atoms with E-state index in [0.717, 1.165) is 16.8 Å². The average Bonchev–Trinajstić information content (AvgIpc) is 2.49. The molecule has 0 unspecified atom stereocenters. The Morgan fingerprint density at radius 2 is 1.73 bits per heavy atom. The maximum absolute atomic E-state index is 10.9. The minimum Gasteiger partial charge on any atom is -0.383 e. The molecule has 5 heteroatoms. The molecule has 0 heterocycles. The number of rotatable bonds is 4. The van der Waals surface area contributed by atoms with E-state index >= 15 is 0 Å². The number of nitrogens with zero attached hydrogens (tertiary/aromatic N) is 1. The van der Waals surface area contributed by atoms with E-state index in [9.17, 15) is 4.79 Å². The number of amidine groups is 1. The van der Waals surface area contributed by atoms with Crippen molar-refractivity contribution < 1.29 is 4.79 Å². The van der Waals surface area contributed by atoms with Crippen molar-refractivity contribution in [3.05, 3.63) is 71.9 Å². The van der Waals surface area contributed by atoms with Gasteiger partial charge in [-0.1, -0.05) is 42.5 Å². The summed E-state index contributed by atoms with van der Waals surface area (Å²) in [6.07, 6.45) is 3.52. The van der Waals surface area contributed by atoms with E-state index in [0.29, 0.717) is 5.84 Å². The zero-order valence-electron chi connectivity index (χ0n) is 12.2. The molecular formula is C17H18ClN3O. The number of carbonyl (C=O) groups is 1. The lowest BCUT2D eigenvalue weighted by Crippen LogP contribution is -2.12. The molecule has 0 fully saturated rings. The van der Waals surface area contributed by atoms with Crippen LogP contribution < -0.4 is 11.1 Å². The minimum atomic E-state index is -0.0847. The first kappa shape index (κ1) is 17.5. The van der Waals surface area contributed by atoms with Gasteiger partial charge in [-0.2, -0.15) is 0 Å². The summed E-state index contributed by atoms with van der Waals surface area (Å²) in [5.41, 5.74) is 8.53. The molecule has 0 spiro atoms. The van der Waals surface area contributed by atoms with Crippen LogP contribution in [0.4, 0.5) is 5.69 Å². The molecule has 0 atom stereocenters. The van der Waals surface area contributed by atoms with Gasteiger partial charge >= 0.3 is 0 Å². The Morgan fingerprint density at radius 3 is 2.32 bits per heavy atom. The van der Waals surface area contributed by atoms with Crippen LogP contribution in [0.3, 0.4) is 0 Å². The van der Waals surface area contributed by atoms with Crippen molar-refractivity contribution in [1.29, 1.82) is 0 Å². The monoisotopic (exact) mass is 315 g/mol. The largest absolute Gasteiger partial charge is 0.383 e. The van der Waals surface area contributed by atoms with Crippen molar-refractivity contribution >= 4 is 35.9 Å². The van der Waals surface area contributed by atoms with Gasteiger partial charge in [0.25, 0.3) is 0 Å². The number of amides is 1. The van der Waals surface area contributed by atoms with Crippen LogP contribution in [0, 0.1) is 0 Å². The lowest BCUT2D eigenvalue weighted by molar-refractivity contribution is -0.114. The van der Waals surface area contributed by atoms with E-state index in [2.05, 4.69) is 10.3 Å². The Balaban J connectivity index is 0.00000242. The first-order valence-corrected chi connectivity index (χ1v) is 6.58. The molecule has 2 aromatic rings. The smallest absolute Gasteiger partial charge is 0.221 e. The SMILES string of the molecule is CC(=O)Nc1ccc(C=CN=C(N)c2ccccc2)cc1.Cl. The molecular weight excluding hydrogens is 298 g/mol. The van der Waals surface area contributed by atoms with Gasteiger partial charge in [0.15, 0.2) is 0 Å². The second-order valence-electron chi connectivity index (χ2n) is 4.50. The fraction of sp³-hybridized carbons (Fsp3) is 0.0588. The highest BCUT2D eigenvalue weighted by Crippen LogP contribution is 2.10. The van der Waals surface area contributed by atoms with E-state index in [1.165, 1.54) is 6.92 Å². The molecule has 22 heavy (non-hydrogen) atoms. The van der Waals surface area contributed by atoms with Crippen LogP contribution >= 0.6 is 12.4 Å². The predicted octanol–water partition coefficient (Wildman–Crippen LogP) is 3.44. The topological polar surface area (TPSA) is 67.5 Å². The van der Waals surface area contributed by atoms with E-state index in [1.54, 1.807) is 6.20 Å². The van der Waals surface area contributed by atoms with Gasteiger partial charge in [0.2, 0.25) is 5.91 Å². The number of nitrogens with two attached hydrogens (primary N) is 1. The highest BCUT2D eigenvalue weighted by molar-refractivity contribution is 5.97. The number of aliphatic imine (C=N–C) groups is 1. The molecule has 0 aliphatic heterocycles. The number of carbonyl (C=O) groups excluding carboxylic acids is 1. The lowest BCUT2D eigenvalue weighted by atomic mass is 10.2. The average molecular weight is 316 g/mol. The summed E-state index contributed by atoms with van der Waals surface area (Å²) in [6.45, 7) is 1.48. The Labute approximate surface area is 136 Å². The van der Waals surface area contributed by atoms with E-state index < -0.39 is 0 Å². The molecule has 1 amide bonds. The third-order valence-electron chi connectivity index (χ3n) is 2.78. The van der Waals surface area contributed by atoms with Crippen molar-refractivity contribution in [2.24, 2.45) is 10.7 Å². The van der Waals surface area contributed by atoms with E-state index in [1.807, 2.05) is 60.7 Å². The molecule has 114 valence electrons. The summed E-state index contributed by atoms with van der Waals surface area (Å²) in [4.78, 5) is 15.1. The van der Waals surface area contributed by atoms with Crippen molar-refractivity contribution in [1.82, 2.24) is 0 Å². The molecule has 2 rings (SSSR count). The number of nitrogens with one attached hydrogen (secondary N) is 1. The van der Waals surface area contributed by atoms with Gasteiger partial charge in [-0.15, -0.1) is 12.4 Å². The summed E-state index contributed by atoms with van der Waals surface area (Å²) in [5, 5.41) is 2.72. The Kier molecular flexibility index (Phi) is 6.86. The highest BCUT2D eigenvalue weighted by Gasteiger charge is 1.95. The third-order valence-corrected chi connectivity index (χ3v) is 2.78. The summed E-state index contributed by atoms with van der Waals surface area (Å²) in [6, 6.07) is 17.1. The van der Waals surface area contributed by atoms with E-state index in [-0.39, 0.29) is 18.3 Å². The van der Waals surface area contributed by atoms with Crippen LogP contribution in [-0.2, 0) is 4.79 Å². The van der Waals surface area contributed by atoms with Crippen LogP contribution in [-0.4, -0.2) is 11.7 Å². The van der Waals surface area contributed by atoms with Crippen molar-refractivity contribution in [2.75, 3.05) is 5.32 Å². The number of benzene rings is 2. The number of anilines is 1. The van der Waals surface area contributed by atoms with Crippen molar-refractivity contribution in [3.8, 4) is 0 Å². The number of hydrogen-bond acceptors (Lipinski definition) is 2. The molecule has 0 aliphatic carbocycles. The van der Waals surface area contributed by atoms with Gasteiger partial charge in [-0.05, 0) is 23.8 Å². The number of hydrogen-bond donors (Lipinski definition) is 2. The molecule has 0 saturated carbocycles. The summed E-state index contributed by atoms with van der Waals surface area (Å²) in [7, 11) is 0. The fourth-order valence-corrected chi connectivity index (χ4v) is 1.77. The van der Waals surface area contributed by atoms with Gasteiger partial charge in [0.05, 0.1) is 0 Å². The lowest BCUT2D eigenvalue weighted by Gasteiger charge is -2.01. The Morgan fingerprint density at radius 1 is 1.09 bits per heavy atom. The standard InChI is InChI=1S/C17H17N3O.ClH/c1-13(21)20-16-9-7-14(8-10-16)11-12-19-17(18)15-5-3-2-4-6-15;/h2-12H,1H3,(H2,18,19)(H,20,21);1H. The highest BCUT2D eigenvalue weighted by atomic mass is 35.5. The molecule has 0 saturated heterocycles. The van der Waals surface area contributed by atoms with Crippen molar-refractivity contribution in [3.63, 3.8) is 0 Å². The fourth-order valence-electron chi connectivity index (χ4n) is 1.77. The molecule has 0 bridgehead atoms. The van der Waals surface area contributed by atoms with Crippen molar-refractivity contribution in [2.45, 2.75) is 6.92 Å². The summed E-state index contributed by atoms with van der Waals surface area (Å²) >= 11 is 0. The van der Waals surface area contributed by atoms with Crippen LogP contribution in [0.1, 0.15) is 18.1 Å². The molecule has 0 radical (unpaired) electrons. The molecule has 4 nitrogen and oxygen atoms in total. The first-order chi connectivity index (χ1) is 10.1. The first-order valence-electron chi connectivity index (χ1n) is 6.58. The van der Waals surface area contributed by atoms with Gasteiger partial charge in [-0.25, -0.2) is 4.99 Å². The Bertz CT molecular complexity index is 664. The summed E-state index contributed by atoms with van der Waals surface area (Å²) < 4.78 is 0. The third kappa shape index (κ3) is 5.42. The minimum absolute atomic E-state index is 0. The maximum Gasteiger partial charge on any atom is 0.221 e. The van der Waals surface area contributed by atoms with Gasteiger partial charge in [-0.3, -0.25) is 4.79 Å². The van der Waals surface area contributed by atoms with E-state index in [4.69, 9.17) is 5.73 Å². The molecule has 0 aliphatic rings. The molecule has 3 N–H and O–H groups in total.